The maximum atomic E-state index is 15.3. The molecule has 0 saturated carbocycles. The van der Waals surface area contributed by atoms with Gasteiger partial charge in [-0.15, -0.1) is 0 Å². The Kier molecular flexibility index (Phi) is 9.33. The highest BCUT2D eigenvalue weighted by atomic mass is 19.2. The van der Waals surface area contributed by atoms with Gasteiger partial charge >= 0.3 is 5.97 Å². The predicted molar refractivity (Wildman–Crippen MR) is 157 cm³/mol. The van der Waals surface area contributed by atoms with Crippen molar-refractivity contribution in [1.29, 1.82) is 0 Å². The van der Waals surface area contributed by atoms with Gasteiger partial charge < -0.3 is 20.3 Å². The highest BCUT2D eigenvalue weighted by Gasteiger charge is 2.30. The number of carboxylic acid groups (broad SMARTS) is 1. The zero-order valence-electron chi connectivity index (χ0n) is 24.2. The first-order valence-electron chi connectivity index (χ1n) is 13.7. The lowest BCUT2D eigenvalue weighted by Gasteiger charge is -2.25. The van der Waals surface area contributed by atoms with E-state index in [1.807, 2.05) is 13.8 Å². The third kappa shape index (κ3) is 6.94. The largest absolute Gasteiger partial charge is 0.481 e. The Bertz CT molecular complexity index is 1770. The molecule has 0 spiro atoms. The molecule has 0 aliphatic carbocycles. The van der Waals surface area contributed by atoms with Crippen LogP contribution in [0.2, 0.25) is 0 Å². The van der Waals surface area contributed by atoms with Gasteiger partial charge in [-0.1, -0.05) is 26.0 Å². The predicted octanol–water partition coefficient (Wildman–Crippen LogP) is 4.66. The fraction of sp³-hybridized carbons (Fsp3) is 0.281. The Morgan fingerprint density at radius 3 is 2.49 bits per heavy atom. The average Bonchev–Trinajstić information content (AvgIpc) is 2.94. The van der Waals surface area contributed by atoms with E-state index in [9.17, 15) is 24.3 Å². The number of halogens is 2. The summed E-state index contributed by atoms with van der Waals surface area (Å²) in [5.74, 6) is -5.59. The maximum Gasteiger partial charge on any atom is 0.305 e. The first-order valence-corrected chi connectivity index (χ1v) is 13.7. The number of carbonyl (C=O) groups is 3. The van der Waals surface area contributed by atoms with E-state index >= 15 is 8.78 Å². The van der Waals surface area contributed by atoms with E-state index in [0.29, 0.717) is 16.5 Å². The van der Waals surface area contributed by atoms with Gasteiger partial charge in [0, 0.05) is 30.4 Å². The second kappa shape index (κ2) is 12.9. The van der Waals surface area contributed by atoms with Crippen molar-refractivity contribution in [3.63, 3.8) is 0 Å². The zero-order chi connectivity index (χ0) is 31.4. The normalized spacial score (nSPS) is 12.6. The molecule has 2 amide bonds. The highest BCUT2D eigenvalue weighted by Crippen LogP contribution is 2.35. The van der Waals surface area contributed by atoms with Gasteiger partial charge in [-0.3, -0.25) is 24.2 Å². The summed E-state index contributed by atoms with van der Waals surface area (Å²) in [5, 5.41) is 15.4. The second-order valence-corrected chi connectivity index (χ2v) is 10.8. The minimum atomic E-state index is -1.48. The van der Waals surface area contributed by atoms with Crippen molar-refractivity contribution >= 4 is 28.7 Å². The summed E-state index contributed by atoms with van der Waals surface area (Å²) in [4.78, 5) is 55.1. The molecule has 0 saturated heterocycles. The molecule has 0 aliphatic rings. The van der Waals surface area contributed by atoms with Crippen LogP contribution in [-0.4, -0.2) is 38.5 Å². The Balaban J connectivity index is 1.73. The minimum Gasteiger partial charge on any atom is -0.481 e. The molecule has 2 atom stereocenters. The van der Waals surface area contributed by atoms with Crippen molar-refractivity contribution in [2.45, 2.75) is 45.7 Å². The van der Waals surface area contributed by atoms with Crippen LogP contribution in [0.5, 0.6) is 0 Å². The van der Waals surface area contributed by atoms with Gasteiger partial charge in [0.1, 0.15) is 11.6 Å². The van der Waals surface area contributed by atoms with Crippen LogP contribution < -0.4 is 16.2 Å². The quantitative estimate of drug-likeness (QED) is 0.246. The minimum absolute atomic E-state index is 0.104. The number of hydrogen-bond acceptors (Lipinski definition) is 5. The number of rotatable bonds is 10. The number of nitrogens with one attached hydrogen (secondary N) is 2. The molecular weight excluding hydrogens is 558 g/mol. The lowest BCUT2D eigenvalue weighted by molar-refractivity contribution is -0.137. The van der Waals surface area contributed by atoms with Gasteiger partial charge in [-0.2, -0.15) is 0 Å². The summed E-state index contributed by atoms with van der Waals surface area (Å²) in [6, 6.07) is 9.60. The van der Waals surface area contributed by atoms with Crippen molar-refractivity contribution in [2.24, 2.45) is 13.0 Å². The third-order valence-electron chi connectivity index (χ3n) is 7.11. The molecule has 224 valence electrons. The lowest BCUT2D eigenvalue weighted by atomic mass is 9.92. The number of carbonyl (C=O) groups excluding carboxylic acids is 2. The number of hydrogen-bond donors (Lipinski definition) is 3. The van der Waals surface area contributed by atoms with Crippen LogP contribution >= 0.6 is 0 Å². The zero-order valence-corrected chi connectivity index (χ0v) is 24.2. The number of carboxylic acids is 1. The molecule has 11 heteroatoms. The molecular formula is C32H32F2N4O5. The SMILES string of the molecule is Cc1ccc2ncccc2c1-c1cc(F)c(F)c(C(CC(=O)O)NC(=O)[C@H](CC(C)C)NC(=O)c2cccn(C)c2=O)c1. The number of nitrogens with zero attached hydrogens (tertiary/aromatic N) is 2. The van der Waals surface area contributed by atoms with Crippen LogP contribution in [0.1, 0.15) is 54.2 Å². The van der Waals surface area contributed by atoms with Gasteiger partial charge in [-0.25, -0.2) is 8.78 Å². The molecule has 43 heavy (non-hydrogen) atoms. The van der Waals surface area contributed by atoms with Crippen LogP contribution in [0.25, 0.3) is 22.0 Å². The number of benzene rings is 2. The van der Waals surface area contributed by atoms with Gasteiger partial charge in [0.25, 0.3) is 11.5 Å². The van der Waals surface area contributed by atoms with Crippen molar-refractivity contribution in [3.05, 3.63) is 99.6 Å². The molecule has 1 unspecified atom stereocenters. The van der Waals surface area contributed by atoms with Crippen molar-refractivity contribution in [2.75, 3.05) is 0 Å². The summed E-state index contributed by atoms with van der Waals surface area (Å²) in [6.07, 6.45) is 2.46. The second-order valence-electron chi connectivity index (χ2n) is 10.8. The number of amides is 2. The lowest BCUT2D eigenvalue weighted by Crippen LogP contribution is -2.49. The van der Waals surface area contributed by atoms with E-state index in [1.54, 1.807) is 37.4 Å². The fourth-order valence-electron chi connectivity index (χ4n) is 5.05. The third-order valence-corrected chi connectivity index (χ3v) is 7.11. The van der Waals surface area contributed by atoms with Crippen molar-refractivity contribution < 1.29 is 28.3 Å². The Morgan fingerprint density at radius 1 is 1.05 bits per heavy atom. The first kappa shape index (κ1) is 31.0. The number of pyridine rings is 2. The summed E-state index contributed by atoms with van der Waals surface area (Å²) < 4.78 is 31.7. The average molecular weight is 591 g/mol. The number of aryl methyl sites for hydroxylation is 2. The van der Waals surface area contributed by atoms with Crippen LogP contribution in [0.15, 0.2) is 65.7 Å². The van der Waals surface area contributed by atoms with Gasteiger partial charge in [0.2, 0.25) is 5.91 Å². The van der Waals surface area contributed by atoms with Crippen molar-refractivity contribution in [1.82, 2.24) is 20.2 Å². The topological polar surface area (TPSA) is 130 Å². The number of aliphatic carboxylic acids is 1. The molecule has 9 nitrogen and oxygen atoms in total. The molecule has 4 rings (SSSR count). The standard InChI is InChI=1S/C32H32F2N4O5/c1-17(2)13-26(37-30(41)21-8-6-12-38(4)32(21)43)31(42)36-25(16-27(39)40)22-14-19(15-23(33)29(22)34)28-18(3)9-10-24-20(28)7-5-11-35-24/h5-12,14-15,17,25-26H,13,16H2,1-4H3,(H,36,42)(H,37,41)(H,39,40)/t25?,26-/m0/s1. The van der Waals surface area contributed by atoms with E-state index in [1.165, 1.54) is 36.0 Å². The smallest absolute Gasteiger partial charge is 0.305 e. The molecule has 2 aromatic carbocycles. The van der Waals surface area contributed by atoms with Crippen LogP contribution in [0.4, 0.5) is 8.78 Å². The van der Waals surface area contributed by atoms with Crippen LogP contribution in [-0.2, 0) is 16.6 Å². The maximum absolute atomic E-state index is 15.3. The molecule has 2 aromatic heterocycles. The highest BCUT2D eigenvalue weighted by molar-refractivity contribution is 5.98. The van der Waals surface area contributed by atoms with E-state index in [4.69, 9.17) is 0 Å². The van der Waals surface area contributed by atoms with Crippen LogP contribution in [0.3, 0.4) is 0 Å². The molecule has 0 fully saturated rings. The van der Waals surface area contributed by atoms with E-state index in [2.05, 4.69) is 15.6 Å². The Labute approximate surface area is 246 Å². The fourth-order valence-corrected chi connectivity index (χ4v) is 5.05. The molecule has 0 radical (unpaired) electrons. The summed E-state index contributed by atoms with van der Waals surface area (Å²) in [7, 11) is 1.48. The molecule has 0 aliphatic heterocycles. The number of fused-ring (bicyclic) bond motifs is 1. The molecule has 2 heterocycles. The van der Waals surface area contributed by atoms with Gasteiger partial charge in [0.15, 0.2) is 11.6 Å². The number of aromatic nitrogens is 2. The van der Waals surface area contributed by atoms with Gasteiger partial charge in [0.05, 0.1) is 18.0 Å². The molecule has 4 aromatic rings. The summed E-state index contributed by atoms with van der Waals surface area (Å²) in [6.45, 7) is 5.42. The monoisotopic (exact) mass is 590 g/mol. The first-order chi connectivity index (χ1) is 20.4. The van der Waals surface area contributed by atoms with E-state index in [-0.39, 0.29) is 29.0 Å². The van der Waals surface area contributed by atoms with Crippen molar-refractivity contribution in [3.8, 4) is 11.1 Å². The van der Waals surface area contributed by atoms with Gasteiger partial charge in [-0.05, 0) is 72.4 Å². The summed E-state index contributed by atoms with van der Waals surface area (Å²) in [5.41, 5.74) is 1.13. The summed E-state index contributed by atoms with van der Waals surface area (Å²) >= 11 is 0. The molecule has 0 bridgehead atoms. The Hall–Kier alpha value is -4.93. The van der Waals surface area contributed by atoms with E-state index < -0.39 is 53.5 Å². The van der Waals surface area contributed by atoms with Crippen LogP contribution in [0, 0.1) is 24.5 Å². The molecule has 3 N–H and O–H groups in total. The Morgan fingerprint density at radius 2 is 1.79 bits per heavy atom. The van der Waals surface area contributed by atoms with E-state index in [0.717, 1.165) is 11.6 Å².